The van der Waals surface area contributed by atoms with E-state index in [-0.39, 0.29) is 17.4 Å². The molecule has 0 radical (unpaired) electrons. The van der Waals surface area contributed by atoms with Crippen LogP contribution in [0.4, 0.5) is 4.39 Å². The van der Waals surface area contributed by atoms with Crippen molar-refractivity contribution in [3.8, 4) is 5.75 Å². The number of hydrogen-bond donors (Lipinski definition) is 3. The van der Waals surface area contributed by atoms with Crippen LogP contribution in [0.15, 0.2) is 48.7 Å². The summed E-state index contributed by atoms with van der Waals surface area (Å²) in [6, 6.07) is 11.0. The molecule has 0 atom stereocenters. The second-order valence-electron chi connectivity index (χ2n) is 5.11. The Labute approximate surface area is 146 Å². The van der Waals surface area contributed by atoms with E-state index in [1.807, 2.05) is 18.2 Å². The smallest absolute Gasteiger partial charge is 0.276 e. The zero-order chi connectivity index (χ0) is 17.8. The molecule has 0 saturated carbocycles. The molecule has 0 aliphatic rings. The van der Waals surface area contributed by atoms with E-state index in [9.17, 15) is 14.0 Å². The number of H-pyrrole nitrogens is 1. The Morgan fingerprint density at radius 2 is 1.96 bits per heavy atom. The van der Waals surface area contributed by atoms with Crippen molar-refractivity contribution in [1.29, 1.82) is 0 Å². The summed E-state index contributed by atoms with van der Waals surface area (Å²) < 4.78 is 18.2. The number of benzene rings is 2. The Morgan fingerprint density at radius 3 is 2.76 bits per heavy atom. The van der Waals surface area contributed by atoms with Crippen LogP contribution in [0.2, 0.25) is 5.02 Å². The second-order valence-corrected chi connectivity index (χ2v) is 5.52. The average Bonchev–Trinajstić information content (AvgIpc) is 3.05. The predicted octanol–water partition coefficient (Wildman–Crippen LogP) is 2.80. The lowest BCUT2D eigenvalue weighted by molar-refractivity contribution is -0.123. The monoisotopic (exact) mass is 361 g/mol. The number of hydrazine groups is 1. The van der Waals surface area contributed by atoms with Crippen molar-refractivity contribution in [2.45, 2.75) is 0 Å². The van der Waals surface area contributed by atoms with Crippen molar-refractivity contribution in [2.75, 3.05) is 6.61 Å². The fraction of sp³-hybridized carbons (Fsp3) is 0.0588. The van der Waals surface area contributed by atoms with Crippen LogP contribution in [-0.2, 0) is 4.79 Å². The van der Waals surface area contributed by atoms with Crippen LogP contribution in [0.1, 0.15) is 10.4 Å². The second kappa shape index (κ2) is 7.23. The number of nitrogens with one attached hydrogen (secondary N) is 3. The Kier molecular flexibility index (Phi) is 4.85. The van der Waals surface area contributed by atoms with Gasteiger partial charge >= 0.3 is 0 Å². The van der Waals surface area contributed by atoms with E-state index in [1.165, 1.54) is 12.1 Å². The van der Waals surface area contributed by atoms with Crippen LogP contribution in [0.3, 0.4) is 0 Å². The van der Waals surface area contributed by atoms with Gasteiger partial charge in [-0.1, -0.05) is 29.8 Å². The number of fused-ring (bicyclic) bond motifs is 1. The molecule has 0 bridgehead atoms. The highest BCUT2D eigenvalue weighted by molar-refractivity contribution is 6.30. The third-order valence-electron chi connectivity index (χ3n) is 3.41. The molecule has 0 spiro atoms. The van der Waals surface area contributed by atoms with Gasteiger partial charge in [0.1, 0.15) is 11.6 Å². The van der Waals surface area contributed by atoms with Gasteiger partial charge in [-0.3, -0.25) is 20.4 Å². The van der Waals surface area contributed by atoms with Crippen LogP contribution in [0.25, 0.3) is 10.9 Å². The molecule has 1 aromatic heterocycles. The molecule has 6 nitrogen and oxygen atoms in total. The highest BCUT2D eigenvalue weighted by atomic mass is 35.5. The summed E-state index contributed by atoms with van der Waals surface area (Å²) in [7, 11) is 0. The van der Waals surface area contributed by atoms with E-state index in [0.29, 0.717) is 5.56 Å². The SMILES string of the molecule is O=C(COc1ccc(F)c(Cl)c1)NNC(=O)c1c[nH]c2ccccc12. The summed E-state index contributed by atoms with van der Waals surface area (Å²) in [6.45, 7) is -0.365. The number of amides is 2. The van der Waals surface area contributed by atoms with E-state index in [0.717, 1.165) is 17.0 Å². The number of carbonyl (C=O) groups is 2. The normalized spacial score (nSPS) is 10.5. The van der Waals surface area contributed by atoms with E-state index in [4.69, 9.17) is 16.3 Å². The minimum atomic E-state index is -0.579. The predicted molar refractivity (Wildman–Crippen MR) is 90.8 cm³/mol. The van der Waals surface area contributed by atoms with Gasteiger partial charge in [0.25, 0.3) is 11.8 Å². The van der Waals surface area contributed by atoms with Gasteiger partial charge in [0, 0.05) is 23.2 Å². The molecule has 3 N–H and O–H groups in total. The minimum absolute atomic E-state index is 0.106. The molecule has 8 heteroatoms. The van der Waals surface area contributed by atoms with E-state index < -0.39 is 17.6 Å². The molecule has 1 heterocycles. The van der Waals surface area contributed by atoms with Crippen LogP contribution in [0, 0.1) is 5.82 Å². The van der Waals surface area contributed by atoms with Gasteiger partial charge in [-0.25, -0.2) is 4.39 Å². The van der Waals surface area contributed by atoms with Crippen molar-refractivity contribution in [2.24, 2.45) is 0 Å². The van der Waals surface area contributed by atoms with Gasteiger partial charge in [0.2, 0.25) is 0 Å². The lowest BCUT2D eigenvalue weighted by Gasteiger charge is -2.09. The average molecular weight is 362 g/mol. The summed E-state index contributed by atoms with van der Waals surface area (Å²) in [5.74, 6) is -1.38. The number of para-hydroxylation sites is 1. The van der Waals surface area contributed by atoms with Crippen molar-refractivity contribution in [3.05, 3.63) is 65.1 Å². The van der Waals surface area contributed by atoms with Gasteiger partial charge < -0.3 is 9.72 Å². The van der Waals surface area contributed by atoms with Gasteiger partial charge in [0.15, 0.2) is 6.61 Å². The maximum atomic E-state index is 13.0. The molecule has 2 aromatic carbocycles. The quantitative estimate of drug-likeness (QED) is 0.625. The number of aromatic amines is 1. The largest absolute Gasteiger partial charge is 0.484 e. The van der Waals surface area contributed by atoms with Crippen LogP contribution < -0.4 is 15.6 Å². The van der Waals surface area contributed by atoms with E-state index in [1.54, 1.807) is 12.3 Å². The summed E-state index contributed by atoms with van der Waals surface area (Å²) in [5, 5.41) is 0.636. The molecule has 25 heavy (non-hydrogen) atoms. The third kappa shape index (κ3) is 3.89. The first-order chi connectivity index (χ1) is 12.0. The highest BCUT2D eigenvalue weighted by Gasteiger charge is 2.12. The fourth-order valence-corrected chi connectivity index (χ4v) is 2.38. The molecule has 0 fully saturated rings. The fourth-order valence-electron chi connectivity index (χ4n) is 2.20. The van der Waals surface area contributed by atoms with Crippen molar-refractivity contribution in [3.63, 3.8) is 0 Å². The summed E-state index contributed by atoms with van der Waals surface area (Å²) in [4.78, 5) is 26.8. The van der Waals surface area contributed by atoms with Gasteiger partial charge in [-0.2, -0.15) is 0 Å². The number of halogens is 2. The lowest BCUT2D eigenvalue weighted by Crippen LogP contribution is -2.43. The summed E-state index contributed by atoms with van der Waals surface area (Å²) >= 11 is 5.62. The van der Waals surface area contributed by atoms with E-state index >= 15 is 0 Å². The minimum Gasteiger partial charge on any atom is -0.484 e. The highest BCUT2D eigenvalue weighted by Crippen LogP contribution is 2.21. The van der Waals surface area contributed by atoms with Gasteiger partial charge in [-0.05, 0) is 18.2 Å². The first-order valence-electron chi connectivity index (χ1n) is 7.28. The van der Waals surface area contributed by atoms with Crippen LogP contribution in [0.5, 0.6) is 5.75 Å². The van der Waals surface area contributed by atoms with Crippen LogP contribution in [-0.4, -0.2) is 23.4 Å². The standard InChI is InChI=1S/C17H13ClFN3O3/c18-13-7-10(5-6-14(13)19)25-9-16(23)21-22-17(24)12-8-20-15-4-2-1-3-11(12)15/h1-8,20H,9H2,(H,21,23)(H,22,24). The Bertz CT molecular complexity index is 942. The first-order valence-corrected chi connectivity index (χ1v) is 7.65. The molecule has 0 unspecified atom stereocenters. The summed E-state index contributed by atoms with van der Waals surface area (Å²) in [6.07, 6.45) is 1.56. The van der Waals surface area contributed by atoms with Crippen LogP contribution >= 0.6 is 11.6 Å². The zero-order valence-corrected chi connectivity index (χ0v) is 13.6. The molecule has 3 aromatic rings. The molecule has 2 amide bonds. The first kappa shape index (κ1) is 16.8. The lowest BCUT2D eigenvalue weighted by atomic mass is 10.2. The molecular formula is C17H13ClFN3O3. The maximum absolute atomic E-state index is 13.0. The summed E-state index contributed by atoms with van der Waals surface area (Å²) in [5.41, 5.74) is 5.78. The topological polar surface area (TPSA) is 83.2 Å². The Hall–Kier alpha value is -3.06. The van der Waals surface area contributed by atoms with Gasteiger partial charge in [-0.15, -0.1) is 0 Å². The molecule has 0 aliphatic carbocycles. The number of carbonyl (C=O) groups excluding carboxylic acids is 2. The Morgan fingerprint density at radius 1 is 1.16 bits per heavy atom. The molecule has 0 saturated heterocycles. The molecule has 128 valence electrons. The van der Waals surface area contributed by atoms with Crippen molar-refractivity contribution < 1.29 is 18.7 Å². The molecular weight excluding hydrogens is 349 g/mol. The Balaban J connectivity index is 1.53. The molecule has 0 aliphatic heterocycles. The van der Waals surface area contributed by atoms with E-state index in [2.05, 4.69) is 15.8 Å². The van der Waals surface area contributed by atoms with Crippen molar-refractivity contribution >= 4 is 34.3 Å². The number of hydrogen-bond acceptors (Lipinski definition) is 3. The van der Waals surface area contributed by atoms with Gasteiger partial charge in [0.05, 0.1) is 10.6 Å². The molecule has 3 rings (SSSR count). The number of aromatic nitrogens is 1. The zero-order valence-electron chi connectivity index (χ0n) is 12.8. The maximum Gasteiger partial charge on any atom is 0.276 e. The third-order valence-corrected chi connectivity index (χ3v) is 3.70. The number of rotatable bonds is 4. The number of ether oxygens (including phenoxy) is 1. The van der Waals surface area contributed by atoms with Crippen molar-refractivity contribution in [1.82, 2.24) is 15.8 Å².